The molecule has 19 heavy (non-hydrogen) atoms. The summed E-state index contributed by atoms with van der Waals surface area (Å²) in [5.41, 5.74) is 0.982. The van der Waals surface area contributed by atoms with Gasteiger partial charge in [0.25, 0.3) is 0 Å². The first-order chi connectivity index (χ1) is 9.15. The molecule has 0 radical (unpaired) electrons. The third kappa shape index (κ3) is 3.14. The molecule has 2 rings (SSSR count). The number of nitriles is 1. The topological polar surface area (TPSA) is 33.0 Å². The molecule has 0 aliphatic rings. The smallest absolute Gasteiger partial charge is 0.148 e. The molecule has 2 aromatic rings. The molecule has 5 heteroatoms. The van der Waals surface area contributed by atoms with Crippen molar-refractivity contribution >= 4 is 31.9 Å². The minimum atomic E-state index is -0.587. The summed E-state index contributed by atoms with van der Waals surface area (Å²) in [5, 5.41) is 9.65. The van der Waals surface area contributed by atoms with Crippen LogP contribution >= 0.6 is 31.9 Å². The molecule has 96 valence electrons. The molecule has 0 bridgehead atoms. The number of benzene rings is 2. The van der Waals surface area contributed by atoms with E-state index < -0.39 is 5.82 Å². The molecule has 0 heterocycles. The molecule has 0 spiro atoms. The molecule has 0 aliphatic carbocycles. The molecular formula is C14H8Br2FNO. The molecule has 0 saturated heterocycles. The number of alkyl halides is 1. The highest BCUT2D eigenvalue weighted by Crippen LogP contribution is 2.30. The van der Waals surface area contributed by atoms with Crippen LogP contribution in [0.3, 0.4) is 0 Å². The van der Waals surface area contributed by atoms with Crippen molar-refractivity contribution < 1.29 is 9.13 Å². The maximum absolute atomic E-state index is 13.4. The summed E-state index contributed by atoms with van der Waals surface area (Å²) in [6.07, 6.45) is 0. The van der Waals surface area contributed by atoms with Crippen LogP contribution in [0.5, 0.6) is 11.5 Å². The summed E-state index contributed by atoms with van der Waals surface area (Å²) in [6, 6.07) is 11.5. The standard InChI is InChI=1S/C14H8Br2FNO/c15-7-9-4-5-10(6-12(9)16)19-14-3-1-2-13(17)11(14)8-18/h1-6H,7H2. The number of ether oxygens (including phenoxy) is 1. The van der Waals surface area contributed by atoms with Crippen molar-refractivity contribution in [2.75, 3.05) is 0 Å². The van der Waals surface area contributed by atoms with Gasteiger partial charge in [0.05, 0.1) is 0 Å². The molecule has 0 N–H and O–H groups in total. The fraction of sp³-hybridized carbons (Fsp3) is 0.0714. The predicted molar refractivity (Wildman–Crippen MR) is 78.0 cm³/mol. The lowest BCUT2D eigenvalue weighted by molar-refractivity contribution is 0.474. The lowest BCUT2D eigenvalue weighted by atomic mass is 10.2. The molecule has 0 fully saturated rings. The quantitative estimate of drug-likeness (QED) is 0.685. The van der Waals surface area contributed by atoms with E-state index in [1.165, 1.54) is 12.1 Å². The van der Waals surface area contributed by atoms with Crippen molar-refractivity contribution in [2.45, 2.75) is 5.33 Å². The Labute approximate surface area is 127 Å². The molecular weight excluding hydrogens is 377 g/mol. The van der Waals surface area contributed by atoms with E-state index in [1.807, 2.05) is 6.07 Å². The highest BCUT2D eigenvalue weighted by Gasteiger charge is 2.10. The number of hydrogen-bond donors (Lipinski definition) is 0. The van der Waals surface area contributed by atoms with Crippen LogP contribution in [0, 0.1) is 17.1 Å². The SMILES string of the molecule is N#Cc1c(F)cccc1Oc1ccc(CBr)c(Br)c1. The summed E-state index contributed by atoms with van der Waals surface area (Å²) in [6.45, 7) is 0. The van der Waals surface area contributed by atoms with Crippen LogP contribution < -0.4 is 4.74 Å². The summed E-state index contributed by atoms with van der Waals surface area (Å²) in [5.74, 6) is 0.163. The normalized spacial score (nSPS) is 10.0. The van der Waals surface area contributed by atoms with Gasteiger partial charge in [-0.15, -0.1) is 0 Å². The lowest BCUT2D eigenvalue weighted by Gasteiger charge is -2.09. The minimum Gasteiger partial charge on any atom is -0.456 e. The molecule has 2 aromatic carbocycles. The molecule has 0 aromatic heterocycles. The summed E-state index contributed by atoms with van der Waals surface area (Å²) in [7, 11) is 0. The van der Waals surface area contributed by atoms with Crippen molar-refractivity contribution in [3.05, 3.63) is 57.8 Å². The number of hydrogen-bond acceptors (Lipinski definition) is 2. The highest BCUT2D eigenvalue weighted by molar-refractivity contribution is 9.10. The van der Waals surface area contributed by atoms with E-state index in [2.05, 4.69) is 31.9 Å². The van der Waals surface area contributed by atoms with E-state index in [0.29, 0.717) is 5.75 Å². The van der Waals surface area contributed by atoms with Gasteiger partial charge in [0, 0.05) is 9.80 Å². The Morgan fingerprint density at radius 2 is 2.05 bits per heavy atom. The van der Waals surface area contributed by atoms with E-state index in [1.54, 1.807) is 24.3 Å². The zero-order valence-electron chi connectivity index (χ0n) is 9.66. The van der Waals surface area contributed by atoms with Gasteiger partial charge in [0.1, 0.15) is 28.9 Å². The Hall–Kier alpha value is -1.38. The Morgan fingerprint density at radius 3 is 2.68 bits per heavy atom. The summed E-state index contributed by atoms with van der Waals surface area (Å²) in [4.78, 5) is 0. The minimum absolute atomic E-state index is 0.0943. The molecule has 0 unspecified atom stereocenters. The number of halogens is 3. The van der Waals surface area contributed by atoms with Crippen LogP contribution in [0.15, 0.2) is 40.9 Å². The van der Waals surface area contributed by atoms with E-state index in [0.717, 1.165) is 15.4 Å². The Balaban J connectivity index is 2.34. The van der Waals surface area contributed by atoms with Crippen molar-refractivity contribution in [3.8, 4) is 17.6 Å². The van der Waals surface area contributed by atoms with Gasteiger partial charge in [0.2, 0.25) is 0 Å². The largest absolute Gasteiger partial charge is 0.456 e. The average molecular weight is 385 g/mol. The molecule has 2 nitrogen and oxygen atoms in total. The fourth-order valence-corrected chi connectivity index (χ4v) is 2.89. The van der Waals surface area contributed by atoms with Crippen LogP contribution in [0.4, 0.5) is 4.39 Å². The Morgan fingerprint density at radius 1 is 1.26 bits per heavy atom. The summed E-state index contributed by atoms with van der Waals surface area (Å²) < 4.78 is 19.9. The average Bonchev–Trinajstić information content (AvgIpc) is 2.39. The van der Waals surface area contributed by atoms with Gasteiger partial charge in [-0.3, -0.25) is 0 Å². The lowest BCUT2D eigenvalue weighted by Crippen LogP contribution is -1.92. The summed E-state index contributed by atoms with van der Waals surface area (Å²) >= 11 is 6.79. The van der Waals surface area contributed by atoms with Gasteiger partial charge in [-0.2, -0.15) is 5.26 Å². The zero-order chi connectivity index (χ0) is 13.8. The first-order valence-corrected chi connectivity index (χ1v) is 7.28. The second-order valence-electron chi connectivity index (χ2n) is 3.71. The second kappa shape index (κ2) is 6.18. The highest BCUT2D eigenvalue weighted by atomic mass is 79.9. The number of rotatable bonds is 3. The van der Waals surface area contributed by atoms with E-state index in [9.17, 15) is 4.39 Å². The van der Waals surface area contributed by atoms with Gasteiger partial charge < -0.3 is 4.74 Å². The Bertz CT molecular complexity index is 652. The van der Waals surface area contributed by atoms with E-state index in [-0.39, 0.29) is 11.3 Å². The van der Waals surface area contributed by atoms with Gasteiger partial charge in [-0.1, -0.05) is 44.0 Å². The van der Waals surface area contributed by atoms with Gasteiger partial charge >= 0.3 is 0 Å². The van der Waals surface area contributed by atoms with Gasteiger partial charge in [0.15, 0.2) is 0 Å². The first-order valence-electron chi connectivity index (χ1n) is 5.36. The van der Waals surface area contributed by atoms with Gasteiger partial charge in [-0.05, 0) is 29.8 Å². The van der Waals surface area contributed by atoms with Crippen LogP contribution in [0.2, 0.25) is 0 Å². The Kier molecular flexibility index (Phi) is 4.56. The third-order valence-corrected chi connectivity index (χ3v) is 3.83. The molecule has 0 aliphatic heterocycles. The van der Waals surface area contributed by atoms with Crippen LogP contribution in [0.1, 0.15) is 11.1 Å². The first kappa shape index (κ1) is 14.0. The predicted octanol–water partition coefficient (Wildman–Crippen LogP) is 5.15. The molecule has 0 atom stereocenters. The van der Waals surface area contributed by atoms with Crippen molar-refractivity contribution in [1.29, 1.82) is 5.26 Å². The van der Waals surface area contributed by atoms with Crippen molar-refractivity contribution in [2.24, 2.45) is 0 Å². The number of nitrogens with zero attached hydrogens (tertiary/aromatic N) is 1. The fourth-order valence-electron chi connectivity index (χ4n) is 1.52. The maximum atomic E-state index is 13.4. The second-order valence-corrected chi connectivity index (χ2v) is 5.13. The molecule has 0 saturated carbocycles. The van der Waals surface area contributed by atoms with Crippen LogP contribution in [-0.4, -0.2) is 0 Å². The van der Waals surface area contributed by atoms with Crippen LogP contribution in [-0.2, 0) is 5.33 Å². The van der Waals surface area contributed by atoms with Crippen LogP contribution in [0.25, 0.3) is 0 Å². The van der Waals surface area contributed by atoms with E-state index >= 15 is 0 Å². The monoisotopic (exact) mass is 383 g/mol. The van der Waals surface area contributed by atoms with Gasteiger partial charge in [-0.25, -0.2) is 4.39 Å². The molecule has 0 amide bonds. The van der Waals surface area contributed by atoms with Crippen molar-refractivity contribution in [3.63, 3.8) is 0 Å². The maximum Gasteiger partial charge on any atom is 0.148 e. The zero-order valence-corrected chi connectivity index (χ0v) is 12.8. The van der Waals surface area contributed by atoms with E-state index in [4.69, 9.17) is 10.00 Å². The third-order valence-electron chi connectivity index (χ3n) is 2.48. The van der Waals surface area contributed by atoms with Crippen molar-refractivity contribution in [1.82, 2.24) is 0 Å².